The SMILES string of the molecule is CCC(=O)NC(=S)Nc1ccc(NC(=O)c2ccccc2Br)cc1. The highest BCUT2D eigenvalue weighted by atomic mass is 79.9. The van der Waals surface area contributed by atoms with E-state index < -0.39 is 0 Å². The summed E-state index contributed by atoms with van der Waals surface area (Å²) in [4.78, 5) is 23.5. The van der Waals surface area contributed by atoms with Crippen LogP contribution in [0.2, 0.25) is 0 Å². The molecule has 7 heteroatoms. The van der Waals surface area contributed by atoms with Crippen molar-refractivity contribution >= 4 is 56.4 Å². The molecule has 0 radical (unpaired) electrons. The van der Waals surface area contributed by atoms with E-state index in [0.29, 0.717) is 17.7 Å². The first kappa shape index (κ1) is 18.1. The number of anilines is 2. The predicted molar refractivity (Wildman–Crippen MR) is 103 cm³/mol. The van der Waals surface area contributed by atoms with E-state index >= 15 is 0 Å². The molecule has 124 valence electrons. The average Bonchev–Trinajstić information content (AvgIpc) is 2.56. The number of hydrogen-bond acceptors (Lipinski definition) is 3. The van der Waals surface area contributed by atoms with Crippen LogP contribution in [-0.2, 0) is 4.79 Å². The maximum Gasteiger partial charge on any atom is 0.256 e. The van der Waals surface area contributed by atoms with Crippen LogP contribution < -0.4 is 16.0 Å². The number of hydrogen-bond donors (Lipinski definition) is 3. The Labute approximate surface area is 154 Å². The largest absolute Gasteiger partial charge is 0.332 e. The Morgan fingerprint density at radius 1 is 1.00 bits per heavy atom. The van der Waals surface area contributed by atoms with Crippen LogP contribution in [0.3, 0.4) is 0 Å². The standard InChI is InChI=1S/C17H16BrN3O2S/c1-2-15(22)21-17(24)20-12-9-7-11(8-10-12)19-16(23)13-5-3-4-6-14(13)18/h3-10H,2H2,1H3,(H,19,23)(H2,20,21,22,24). The van der Waals surface area contributed by atoms with Gasteiger partial charge >= 0.3 is 0 Å². The van der Waals surface area contributed by atoms with Gasteiger partial charge in [0.1, 0.15) is 0 Å². The fourth-order valence-electron chi connectivity index (χ4n) is 1.86. The van der Waals surface area contributed by atoms with E-state index in [9.17, 15) is 9.59 Å². The number of halogens is 1. The summed E-state index contributed by atoms with van der Waals surface area (Å²) in [5, 5.41) is 8.53. The molecule has 0 aliphatic heterocycles. The van der Waals surface area contributed by atoms with Gasteiger partial charge in [-0.2, -0.15) is 0 Å². The van der Waals surface area contributed by atoms with Crippen LogP contribution in [0.5, 0.6) is 0 Å². The number of nitrogens with one attached hydrogen (secondary N) is 3. The molecular formula is C17H16BrN3O2S. The van der Waals surface area contributed by atoms with Crippen molar-refractivity contribution < 1.29 is 9.59 Å². The van der Waals surface area contributed by atoms with Gasteiger partial charge in [0.25, 0.3) is 5.91 Å². The van der Waals surface area contributed by atoms with Crippen LogP contribution in [0.15, 0.2) is 53.0 Å². The Balaban J connectivity index is 1.97. The molecule has 0 atom stereocenters. The van der Waals surface area contributed by atoms with Crippen molar-refractivity contribution in [1.82, 2.24) is 5.32 Å². The Hall–Kier alpha value is -2.25. The molecule has 2 rings (SSSR count). The van der Waals surface area contributed by atoms with Crippen molar-refractivity contribution in [3.63, 3.8) is 0 Å². The summed E-state index contributed by atoms with van der Waals surface area (Å²) in [7, 11) is 0. The molecule has 2 amide bonds. The summed E-state index contributed by atoms with van der Waals surface area (Å²) in [6, 6.07) is 14.2. The topological polar surface area (TPSA) is 70.2 Å². The Morgan fingerprint density at radius 3 is 2.17 bits per heavy atom. The van der Waals surface area contributed by atoms with E-state index in [1.54, 1.807) is 43.3 Å². The molecule has 0 saturated carbocycles. The van der Waals surface area contributed by atoms with Gasteiger partial charge in [-0.15, -0.1) is 0 Å². The van der Waals surface area contributed by atoms with E-state index in [4.69, 9.17) is 12.2 Å². The van der Waals surface area contributed by atoms with E-state index in [0.717, 1.165) is 10.2 Å². The third kappa shape index (κ3) is 5.14. The van der Waals surface area contributed by atoms with E-state index in [-0.39, 0.29) is 16.9 Å². The highest BCUT2D eigenvalue weighted by Gasteiger charge is 2.09. The Morgan fingerprint density at radius 2 is 1.58 bits per heavy atom. The van der Waals surface area contributed by atoms with E-state index in [1.807, 2.05) is 12.1 Å². The molecule has 0 saturated heterocycles. The average molecular weight is 406 g/mol. The quantitative estimate of drug-likeness (QED) is 0.674. The van der Waals surface area contributed by atoms with Crippen LogP contribution in [0.4, 0.5) is 11.4 Å². The number of carbonyl (C=O) groups excluding carboxylic acids is 2. The summed E-state index contributed by atoms with van der Waals surface area (Å²) >= 11 is 8.40. The third-order valence-electron chi connectivity index (χ3n) is 3.09. The fourth-order valence-corrected chi connectivity index (χ4v) is 2.55. The summed E-state index contributed by atoms with van der Waals surface area (Å²) < 4.78 is 0.734. The van der Waals surface area contributed by atoms with Crippen molar-refractivity contribution in [2.45, 2.75) is 13.3 Å². The Kier molecular flexibility index (Phi) is 6.45. The molecule has 2 aromatic rings. The second kappa shape index (κ2) is 8.56. The number of carbonyl (C=O) groups is 2. The van der Waals surface area contributed by atoms with Gasteiger partial charge in [0, 0.05) is 22.3 Å². The molecule has 0 spiro atoms. The van der Waals surface area contributed by atoms with Crippen LogP contribution in [0.1, 0.15) is 23.7 Å². The van der Waals surface area contributed by atoms with Gasteiger partial charge in [0.05, 0.1) is 5.56 Å². The van der Waals surface area contributed by atoms with Gasteiger partial charge < -0.3 is 16.0 Å². The first-order valence-corrected chi connectivity index (χ1v) is 8.46. The minimum Gasteiger partial charge on any atom is -0.332 e. The van der Waals surface area contributed by atoms with Crippen molar-refractivity contribution in [2.24, 2.45) is 0 Å². The Bertz CT molecular complexity index is 763. The van der Waals surface area contributed by atoms with E-state index in [1.165, 1.54) is 0 Å². The molecule has 0 heterocycles. The van der Waals surface area contributed by atoms with Crippen LogP contribution in [0.25, 0.3) is 0 Å². The van der Waals surface area contributed by atoms with Crippen LogP contribution in [-0.4, -0.2) is 16.9 Å². The monoisotopic (exact) mass is 405 g/mol. The van der Waals surface area contributed by atoms with Crippen LogP contribution >= 0.6 is 28.1 Å². The number of thiocarbonyl (C=S) groups is 1. The fraction of sp³-hybridized carbons (Fsp3) is 0.118. The van der Waals surface area contributed by atoms with Gasteiger partial charge in [0.15, 0.2) is 5.11 Å². The summed E-state index contributed by atoms with van der Waals surface area (Å²) in [5.41, 5.74) is 1.93. The minimum absolute atomic E-state index is 0.148. The van der Waals surface area contributed by atoms with Gasteiger partial charge in [0.2, 0.25) is 5.91 Å². The summed E-state index contributed by atoms with van der Waals surface area (Å²) in [6.07, 6.45) is 0.363. The highest BCUT2D eigenvalue weighted by molar-refractivity contribution is 9.10. The molecule has 3 N–H and O–H groups in total. The molecule has 0 aromatic heterocycles. The van der Waals surface area contributed by atoms with Crippen molar-refractivity contribution in [2.75, 3.05) is 10.6 Å². The highest BCUT2D eigenvalue weighted by Crippen LogP contribution is 2.19. The molecule has 2 aromatic carbocycles. The van der Waals surface area contributed by atoms with Gasteiger partial charge in [-0.05, 0) is 64.5 Å². The zero-order valence-corrected chi connectivity index (χ0v) is 15.3. The summed E-state index contributed by atoms with van der Waals surface area (Å²) in [5.74, 6) is -0.348. The first-order valence-electron chi connectivity index (χ1n) is 7.26. The smallest absolute Gasteiger partial charge is 0.256 e. The van der Waals surface area contributed by atoms with Crippen LogP contribution in [0, 0.1) is 0 Å². The second-order valence-corrected chi connectivity index (χ2v) is 6.13. The molecular weight excluding hydrogens is 390 g/mol. The minimum atomic E-state index is -0.200. The zero-order valence-electron chi connectivity index (χ0n) is 12.9. The molecule has 0 unspecified atom stereocenters. The maximum atomic E-state index is 12.2. The predicted octanol–water partition coefficient (Wildman–Crippen LogP) is 3.92. The number of amides is 2. The second-order valence-electron chi connectivity index (χ2n) is 4.87. The zero-order chi connectivity index (χ0) is 17.5. The van der Waals surface area contributed by atoms with Crippen molar-refractivity contribution in [1.29, 1.82) is 0 Å². The van der Waals surface area contributed by atoms with Crippen molar-refractivity contribution in [3.8, 4) is 0 Å². The van der Waals surface area contributed by atoms with Crippen molar-refractivity contribution in [3.05, 3.63) is 58.6 Å². The van der Waals surface area contributed by atoms with E-state index in [2.05, 4.69) is 31.9 Å². The molecule has 0 bridgehead atoms. The summed E-state index contributed by atoms with van der Waals surface area (Å²) in [6.45, 7) is 1.75. The molecule has 0 aliphatic rings. The third-order valence-corrected chi connectivity index (χ3v) is 3.99. The van der Waals surface area contributed by atoms with Gasteiger partial charge in [-0.1, -0.05) is 19.1 Å². The van der Waals surface area contributed by atoms with Gasteiger partial charge in [-0.3, -0.25) is 9.59 Å². The number of benzene rings is 2. The number of rotatable bonds is 4. The lowest BCUT2D eigenvalue weighted by Gasteiger charge is -2.10. The maximum absolute atomic E-state index is 12.2. The lowest BCUT2D eigenvalue weighted by Crippen LogP contribution is -2.33. The lowest BCUT2D eigenvalue weighted by atomic mass is 10.2. The first-order chi connectivity index (χ1) is 11.5. The molecule has 0 fully saturated rings. The molecule has 0 aliphatic carbocycles. The molecule has 5 nitrogen and oxygen atoms in total. The van der Waals surface area contributed by atoms with Gasteiger partial charge in [-0.25, -0.2) is 0 Å². The normalized spacial score (nSPS) is 9.92. The molecule has 24 heavy (non-hydrogen) atoms. The lowest BCUT2D eigenvalue weighted by molar-refractivity contribution is -0.119.